The van der Waals surface area contributed by atoms with Gasteiger partial charge in [-0.2, -0.15) is 4.72 Å². The highest BCUT2D eigenvalue weighted by molar-refractivity contribution is 7.89. The number of nitrogens with one attached hydrogen (secondary N) is 1. The Morgan fingerprint density at radius 1 is 1.47 bits per heavy atom. The largest absolute Gasteiger partial charge is 0.480 e. The Hall–Kier alpha value is -1.87. The molecule has 0 amide bonds. The van der Waals surface area contributed by atoms with Crippen LogP contribution in [0, 0.1) is 0 Å². The fourth-order valence-corrected chi connectivity index (χ4v) is 2.54. The monoisotopic (exact) mass is 291 g/mol. The van der Waals surface area contributed by atoms with E-state index in [1.807, 2.05) is 4.72 Å². The maximum atomic E-state index is 11.9. The van der Waals surface area contributed by atoms with Crippen LogP contribution in [0.1, 0.15) is 23.2 Å². The number of aryl methyl sites for hydroxylation is 1. The van der Waals surface area contributed by atoms with Gasteiger partial charge in [-0.25, -0.2) is 13.2 Å². The molecule has 0 aromatic carbocycles. The van der Waals surface area contributed by atoms with Gasteiger partial charge in [-0.05, 0) is 0 Å². The van der Waals surface area contributed by atoms with E-state index >= 15 is 0 Å². The van der Waals surface area contributed by atoms with Crippen LogP contribution in [0.3, 0.4) is 0 Å². The second-order valence-corrected chi connectivity index (χ2v) is 5.20. The van der Waals surface area contributed by atoms with Crippen molar-refractivity contribution in [3.05, 3.63) is 17.6 Å². The second kappa shape index (κ2) is 5.85. The Balaban J connectivity index is 3.14. The average Bonchev–Trinajstić information content (AvgIpc) is 2.80. The third kappa shape index (κ3) is 3.55. The van der Waals surface area contributed by atoms with Crippen LogP contribution in [0.2, 0.25) is 0 Å². The SMILES string of the molecule is CCc1oc(C(=O)OC)cc1S(=O)(=O)NCC(=O)O. The predicted octanol–water partition coefficient (Wildman–Crippen LogP) is -0.00850. The molecule has 2 N–H and O–H groups in total. The molecular formula is C10H13NO7S. The van der Waals surface area contributed by atoms with E-state index in [2.05, 4.69) is 4.74 Å². The first-order valence-electron chi connectivity index (χ1n) is 5.24. The molecule has 0 fully saturated rings. The maximum Gasteiger partial charge on any atom is 0.373 e. The summed E-state index contributed by atoms with van der Waals surface area (Å²) in [6, 6.07) is 1.01. The predicted molar refractivity (Wildman–Crippen MR) is 62.2 cm³/mol. The van der Waals surface area contributed by atoms with Crippen LogP contribution in [0.5, 0.6) is 0 Å². The molecule has 0 spiro atoms. The topological polar surface area (TPSA) is 123 Å². The van der Waals surface area contributed by atoms with Gasteiger partial charge in [-0.15, -0.1) is 0 Å². The third-order valence-corrected chi connectivity index (χ3v) is 3.63. The highest BCUT2D eigenvalue weighted by Crippen LogP contribution is 2.21. The lowest BCUT2D eigenvalue weighted by atomic mass is 10.3. The average molecular weight is 291 g/mol. The molecule has 0 aliphatic heterocycles. The summed E-state index contributed by atoms with van der Waals surface area (Å²) in [6.07, 6.45) is 0.223. The number of carbonyl (C=O) groups is 2. The van der Waals surface area contributed by atoms with Crippen LogP contribution in [0.25, 0.3) is 0 Å². The van der Waals surface area contributed by atoms with Crippen LogP contribution >= 0.6 is 0 Å². The van der Waals surface area contributed by atoms with Gasteiger partial charge < -0.3 is 14.3 Å². The number of carboxylic acid groups (broad SMARTS) is 1. The van der Waals surface area contributed by atoms with Gasteiger partial charge in [0.15, 0.2) is 0 Å². The number of sulfonamides is 1. The van der Waals surface area contributed by atoms with Crippen molar-refractivity contribution in [1.29, 1.82) is 0 Å². The molecule has 19 heavy (non-hydrogen) atoms. The number of aliphatic carboxylic acids is 1. The first kappa shape index (κ1) is 15.2. The maximum absolute atomic E-state index is 11.9. The van der Waals surface area contributed by atoms with E-state index in [0.29, 0.717) is 0 Å². The molecular weight excluding hydrogens is 278 g/mol. The van der Waals surface area contributed by atoms with E-state index in [9.17, 15) is 18.0 Å². The smallest absolute Gasteiger partial charge is 0.373 e. The Labute approximate surface area is 109 Å². The minimum Gasteiger partial charge on any atom is -0.480 e. The van der Waals surface area contributed by atoms with Gasteiger partial charge in [0.2, 0.25) is 15.8 Å². The number of carbonyl (C=O) groups excluding carboxylic acids is 1. The molecule has 0 aliphatic rings. The lowest BCUT2D eigenvalue weighted by Gasteiger charge is -2.02. The number of esters is 1. The van der Waals surface area contributed by atoms with Gasteiger partial charge in [-0.1, -0.05) is 6.92 Å². The quantitative estimate of drug-likeness (QED) is 0.706. The van der Waals surface area contributed by atoms with Gasteiger partial charge >= 0.3 is 11.9 Å². The van der Waals surface area contributed by atoms with Crippen molar-refractivity contribution in [2.45, 2.75) is 18.2 Å². The molecule has 0 atom stereocenters. The van der Waals surface area contributed by atoms with E-state index in [1.165, 1.54) is 0 Å². The number of hydrogen-bond acceptors (Lipinski definition) is 6. The fourth-order valence-electron chi connectivity index (χ4n) is 1.32. The summed E-state index contributed by atoms with van der Waals surface area (Å²) in [7, 11) is -2.92. The van der Waals surface area contributed by atoms with Gasteiger partial charge in [0.25, 0.3) is 0 Å². The van der Waals surface area contributed by atoms with Crippen LogP contribution < -0.4 is 4.72 Å². The van der Waals surface area contributed by atoms with Crippen molar-refractivity contribution in [3.8, 4) is 0 Å². The molecule has 0 unspecified atom stereocenters. The Morgan fingerprint density at radius 2 is 2.11 bits per heavy atom. The summed E-state index contributed by atoms with van der Waals surface area (Å²) in [5.41, 5.74) is 0. The van der Waals surface area contributed by atoms with Crippen molar-refractivity contribution in [1.82, 2.24) is 4.72 Å². The third-order valence-electron chi connectivity index (χ3n) is 2.18. The van der Waals surface area contributed by atoms with E-state index in [-0.39, 0.29) is 22.8 Å². The molecule has 1 aromatic rings. The van der Waals surface area contributed by atoms with Crippen LogP contribution in [0.15, 0.2) is 15.4 Å². The zero-order valence-corrected chi connectivity index (χ0v) is 11.1. The minimum absolute atomic E-state index is 0.0540. The summed E-state index contributed by atoms with van der Waals surface area (Å²) >= 11 is 0. The number of furan rings is 1. The standard InChI is InChI=1S/C10H13NO7S/c1-3-6-8(4-7(18-6)10(14)17-2)19(15,16)11-5-9(12)13/h4,11H,3,5H2,1-2H3,(H,12,13). The Bertz CT molecular complexity index is 587. The number of ether oxygens (including phenoxy) is 1. The molecule has 0 saturated heterocycles. The molecule has 0 bridgehead atoms. The summed E-state index contributed by atoms with van der Waals surface area (Å²) in [6.45, 7) is 0.875. The molecule has 0 saturated carbocycles. The fraction of sp³-hybridized carbons (Fsp3) is 0.400. The zero-order valence-electron chi connectivity index (χ0n) is 10.3. The number of carboxylic acids is 1. The van der Waals surface area contributed by atoms with Crippen molar-refractivity contribution in [2.75, 3.05) is 13.7 Å². The first-order chi connectivity index (χ1) is 8.81. The number of methoxy groups -OCH3 is 1. The number of hydrogen-bond donors (Lipinski definition) is 2. The van der Waals surface area contributed by atoms with Crippen molar-refractivity contribution in [3.63, 3.8) is 0 Å². The van der Waals surface area contributed by atoms with Crippen molar-refractivity contribution in [2.24, 2.45) is 0 Å². The minimum atomic E-state index is -4.05. The normalized spacial score (nSPS) is 11.3. The summed E-state index contributed by atoms with van der Waals surface area (Å²) in [4.78, 5) is 21.4. The zero-order chi connectivity index (χ0) is 14.6. The highest BCUT2D eigenvalue weighted by Gasteiger charge is 2.25. The van der Waals surface area contributed by atoms with Crippen molar-refractivity contribution >= 4 is 22.0 Å². The second-order valence-electron chi connectivity index (χ2n) is 3.46. The molecule has 106 valence electrons. The number of rotatable bonds is 6. The van der Waals surface area contributed by atoms with Crippen LogP contribution in [-0.2, 0) is 26.0 Å². The lowest BCUT2D eigenvalue weighted by molar-refractivity contribution is -0.135. The molecule has 1 heterocycles. The van der Waals surface area contributed by atoms with Gasteiger partial charge in [0.1, 0.15) is 17.2 Å². The summed E-state index contributed by atoms with van der Waals surface area (Å²) in [5, 5.41) is 8.46. The van der Waals surface area contributed by atoms with E-state index in [4.69, 9.17) is 9.52 Å². The highest BCUT2D eigenvalue weighted by atomic mass is 32.2. The molecule has 8 nitrogen and oxygen atoms in total. The molecule has 0 aliphatic carbocycles. The van der Waals surface area contributed by atoms with Crippen molar-refractivity contribution < 1.29 is 32.3 Å². The van der Waals surface area contributed by atoms with Gasteiger partial charge in [-0.3, -0.25) is 4.79 Å². The van der Waals surface area contributed by atoms with E-state index in [0.717, 1.165) is 13.2 Å². The van der Waals surface area contributed by atoms with Crippen LogP contribution in [0.4, 0.5) is 0 Å². The molecule has 1 aromatic heterocycles. The summed E-state index contributed by atoms with van der Waals surface area (Å²) < 4.78 is 35.1. The van der Waals surface area contributed by atoms with Gasteiger partial charge in [0.05, 0.1) is 7.11 Å². The van der Waals surface area contributed by atoms with E-state index < -0.39 is 28.5 Å². The molecule has 1 rings (SSSR count). The first-order valence-corrected chi connectivity index (χ1v) is 6.72. The lowest BCUT2D eigenvalue weighted by Crippen LogP contribution is -2.29. The molecule has 9 heteroatoms. The van der Waals surface area contributed by atoms with Crippen LogP contribution in [-0.4, -0.2) is 39.1 Å². The molecule has 0 radical (unpaired) electrons. The Morgan fingerprint density at radius 3 is 2.58 bits per heavy atom. The van der Waals surface area contributed by atoms with Gasteiger partial charge in [0, 0.05) is 12.5 Å². The van der Waals surface area contributed by atoms with E-state index in [1.54, 1.807) is 6.92 Å². The summed E-state index contributed by atoms with van der Waals surface area (Å²) in [5.74, 6) is -2.33. The Kier molecular flexibility index (Phi) is 4.67.